The molecule has 1 fully saturated rings. The highest BCUT2D eigenvalue weighted by molar-refractivity contribution is 9.09. The van der Waals surface area contributed by atoms with Crippen molar-refractivity contribution in [2.24, 2.45) is 5.92 Å². The van der Waals surface area contributed by atoms with E-state index in [0.29, 0.717) is 0 Å². The van der Waals surface area contributed by atoms with E-state index in [0.717, 1.165) is 0 Å². The number of alkyl halides is 5. The summed E-state index contributed by atoms with van der Waals surface area (Å²) in [7, 11) is 0. The summed E-state index contributed by atoms with van der Waals surface area (Å²) in [6, 6.07) is 0. The van der Waals surface area contributed by atoms with Crippen molar-refractivity contribution >= 4 is 15.9 Å². The maximum atomic E-state index is 12.9. The Morgan fingerprint density at radius 2 is 1.54 bits per heavy atom. The molecular weight excluding hydrogens is 256 g/mol. The molecule has 1 aliphatic carbocycles. The first-order valence-corrected chi connectivity index (χ1v) is 4.76. The smallest absolute Gasteiger partial charge is 0.336 e. The molecule has 0 amide bonds. The summed E-state index contributed by atoms with van der Waals surface area (Å²) >= 11 is 2.96. The van der Waals surface area contributed by atoms with Crippen LogP contribution < -0.4 is 0 Å². The number of halogens is 5. The van der Waals surface area contributed by atoms with Gasteiger partial charge in [0.25, 0.3) is 0 Å². The molecule has 1 N–H and O–H groups in total. The van der Waals surface area contributed by atoms with Gasteiger partial charge >= 0.3 is 6.11 Å². The first-order valence-electron chi connectivity index (χ1n) is 3.84. The average Bonchev–Trinajstić information content (AvgIpc) is 1.78. The van der Waals surface area contributed by atoms with E-state index in [-0.39, 0.29) is 12.8 Å². The third kappa shape index (κ3) is 2.56. The second-order valence-corrected chi connectivity index (χ2v) is 4.51. The summed E-state index contributed by atoms with van der Waals surface area (Å²) in [5.41, 5.74) is 0. The molecule has 2 atom stereocenters. The van der Waals surface area contributed by atoms with E-state index in [2.05, 4.69) is 15.9 Å². The monoisotopic (exact) mass is 264 g/mol. The van der Waals surface area contributed by atoms with Gasteiger partial charge in [-0.15, -0.1) is 0 Å². The maximum Gasteiger partial charge on any atom is 0.361 e. The quantitative estimate of drug-likeness (QED) is 0.570. The van der Waals surface area contributed by atoms with Crippen LogP contribution in [0.1, 0.15) is 12.8 Å². The number of hydrogen-bond acceptors (Lipinski definition) is 1. The Morgan fingerprint density at radius 3 is 1.85 bits per heavy atom. The van der Waals surface area contributed by atoms with Crippen LogP contribution in [0.4, 0.5) is 17.6 Å². The Hall–Kier alpha value is 0.160. The minimum atomic E-state index is -4.27. The lowest BCUT2D eigenvalue weighted by molar-refractivity contribution is -0.266. The largest absolute Gasteiger partial charge is 0.361 e. The lowest BCUT2D eigenvalue weighted by Crippen LogP contribution is -2.46. The first kappa shape index (κ1) is 11.2. The predicted octanol–water partition coefficient (Wildman–Crippen LogP) is 2.42. The highest BCUT2D eigenvalue weighted by atomic mass is 79.9. The Morgan fingerprint density at radius 1 is 1.15 bits per heavy atom. The fraction of sp³-hybridized carbons (Fsp3) is 1.00. The molecule has 0 heterocycles. The SMILES string of the molecule is OC(F)(F)C1C(F)CC(Br)CC1F. The highest BCUT2D eigenvalue weighted by Crippen LogP contribution is 2.40. The van der Waals surface area contributed by atoms with Crippen molar-refractivity contribution in [2.45, 2.75) is 36.1 Å². The normalized spacial score (nSPS) is 42.0. The molecule has 13 heavy (non-hydrogen) atoms. The van der Waals surface area contributed by atoms with Crippen LogP contribution in [0.5, 0.6) is 0 Å². The molecule has 0 aromatic rings. The summed E-state index contributed by atoms with van der Waals surface area (Å²) in [4.78, 5) is -0.434. The minimum Gasteiger partial charge on any atom is -0.336 e. The lowest BCUT2D eigenvalue weighted by Gasteiger charge is -2.34. The van der Waals surface area contributed by atoms with Gasteiger partial charge in [-0.1, -0.05) is 15.9 Å². The fourth-order valence-corrected chi connectivity index (χ4v) is 2.25. The van der Waals surface area contributed by atoms with E-state index in [1.54, 1.807) is 0 Å². The van der Waals surface area contributed by atoms with Gasteiger partial charge in [0.05, 0.1) is 0 Å². The average molecular weight is 265 g/mol. The molecule has 1 aliphatic rings. The number of rotatable bonds is 1. The van der Waals surface area contributed by atoms with Crippen LogP contribution in [0.2, 0.25) is 0 Å². The predicted molar refractivity (Wildman–Crippen MR) is 42.4 cm³/mol. The van der Waals surface area contributed by atoms with Gasteiger partial charge in [-0.3, -0.25) is 0 Å². The van der Waals surface area contributed by atoms with E-state index in [4.69, 9.17) is 5.11 Å². The third-order valence-corrected chi connectivity index (χ3v) is 2.89. The fourth-order valence-electron chi connectivity index (χ4n) is 1.54. The zero-order valence-corrected chi connectivity index (χ0v) is 8.15. The van der Waals surface area contributed by atoms with Crippen LogP contribution in [0, 0.1) is 5.92 Å². The summed E-state index contributed by atoms with van der Waals surface area (Å²) in [5, 5.41) is 8.24. The van der Waals surface area contributed by atoms with Gasteiger partial charge in [-0.05, 0) is 12.8 Å². The molecule has 6 heteroatoms. The molecule has 0 aromatic heterocycles. The van der Waals surface area contributed by atoms with Crippen molar-refractivity contribution in [3.8, 4) is 0 Å². The second-order valence-electron chi connectivity index (χ2n) is 3.21. The minimum absolute atomic E-state index is 0.193. The molecule has 0 bridgehead atoms. The molecule has 2 unspecified atom stereocenters. The van der Waals surface area contributed by atoms with Crippen molar-refractivity contribution < 1.29 is 22.7 Å². The van der Waals surface area contributed by atoms with Crippen molar-refractivity contribution in [2.75, 3.05) is 0 Å². The summed E-state index contributed by atoms with van der Waals surface area (Å²) in [5.74, 6) is -2.22. The Balaban J connectivity index is 2.73. The molecule has 1 saturated carbocycles. The summed E-state index contributed by atoms with van der Waals surface area (Å²) < 4.78 is 50.5. The second kappa shape index (κ2) is 3.73. The first-order chi connectivity index (χ1) is 5.82. The summed E-state index contributed by atoms with van der Waals surface area (Å²) in [6.07, 6.45) is -8.67. The molecular formula is C7H9BrF4O. The van der Waals surface area contributed by atoms with Crippen molar-refractivity contribution in [1.29, 1.82) is 0 Å². The topological polar surface area (TPSA) is 20.2 Å². The molecule has 0 saturated heterocycles. The highest BCUT2D eigenvalue weighted by Gasteiger charge is 2.51. The van der Waals surface area contributed by atoms with E-state index in [9.17, 15) is 17.6 Å². The molecule has 0 aromatic carbocycles. The van der Waals surface area contributed by atoms with Gasteiger partial charge in [-0.2, -0.15) is 8.78 Å². The van der Waals surface area contributed by atoms with Crippen molar-refractivity contribution in [3.05, 3.63) is 0 Å². The Bertz CT molecular complexity index is 172. The van der Waals surface area contributed by atoms with Gasteiger partial charge in [0.2, 0.25) is 0 Å². The van der Waals surface area contributed by atoms with Crippen LogP contribution in [0.25, 0.3) is 0 Å². The van der Waals surface area contributed by atoms with Crippen LogP contribution in [-0.4, -0.2) is 28.4 Å². The molecule has 1 rings (SSSR count). The Kier molecular flexibility index (Phi) is 3.22. The Labute approximate surface area is 81.2 Å². The number of hydrogen-bond donors (Lipinski definition) is 1. The van der Waals surface area contributed by atoms with Gasteiger partial charge in [0.15, 0.2) is 0 Å². The molecule has 0 spiro atoms. The van der Waals surface area contributed by atoms with Gasteiger partial charge in [-0.25, -0.2) is 8.78 Å². The molecule has 78 valence electrons. The van der Waals surface area contributed by atoms with Gasteiger partial charge < -0.3 is 5.11 Å². The van der Waals surface area contributed by atoms with Gasteiger partial charge in [0.1, 0.15) is 18.3 Å². The van der Waals surface area contributed by atoms with Gasteiger partial charge in [0, 0.05) is 4.83 Å². The van der Waals surface area contributed by atoms with Crippen LogP contribution in [-0.2, 0) is 0 Å². The van der Waals surface area contributed by atoms with Crippen LogP contribution >= 0.6 is 15.9 Å². The van der Waals surface area contributed by atoms with E-state index in [1.165, 1.54) is 0 Å². The van der Waals surface area contributed by atoms with Crippen LogP contribution in [0.3, 0.4) is 0 Å². The zero-order chi connectivity index (χ0) is 10.2. The number of aliphatic hydroxyl groups is 1. The molecule has 0 radical (unpaired) electrons. The third-order valence-electron chi connectivity index (χ3n) is 2.14. The van der Waals surface area contributed by atoms with E-state index >= 15 is 0 Å². The van der Waals surface area contributed by atoms with Crippen LogP contribution in [0.15, 0.2) is 0 Å². The van der Waals surface area contributed by atoms with Crippen molar-refractivity contribution in [1.82, 2.24) is 0 Å². The van der Waals surface area contributed by atoms with E-state index in [1.807, 2.05) is 0 Å². The lowest BCUT2D eigenvalue weighted by atomic mass is 9.85. The van der Waals surface area contributed by atoms with E-state index < -0.39 is 29.2 Å². The standard InChI is InChI=1S/C7H9BrF4O/c8-3-1-4(9)6(5(10)2-3)7(11,12)13/h3-6,13H,1-2H2. The van der Waals surface area contributed by atoms with Crippen molar-refractivity contribution in [3.63, 3.8) is 0 Å². The molecule has 0 aliphatic heterocycles. The zero-order valence-electron chi connectivity index (χ0n) is 6.56. The summed E-state index contributed by atoms with van der Waals surface area (Å²) in [6.45, 7) is 0. The maximum absolute atomic E-state index is 12.9. The molecule has 1 nitrogen and oxygen atoms in total.